The Hall–Kier alpha value is -1.93. The highest BCUT2D eigenvalue weighted by atomic mass is 32.2. The van der Waals surface area contributed by atoms with Crippen molar-refractivity contribution in [3.8, 4) is 6.07 Å². The summed E-state index contributed by atoms with van der Waals surface area (Å²) in [6, 6.07) is 7.56. The van der Waals surface area contributed by atoms with E-state index >= 15 is 0 Å². The first-order valence-electron chi connectivity index (χ1n) is 5.03. The molecule has 2 heterocycles. The highest BCUT2D eigenvalue weighted by Crippen LogP contribution is 2.23. The molecule has 0 atom stereocenters. The largest absolute Gasteiger partial charge is 0.246 e. The van der Waals surface area contributed by atoms with E-state index in [1.54, 1.807) is 12.3 Å². The zero-order chi connectivity index (χ0) is 12.3. The maximum absolute atomic E-state index is 8.75. The van der Waals surface area contributed by atoms with Crippen molar-refractivity contribution in [1.82, 2.24) is 15.0 Å². The molecule has 2 rings (SSSR count). The Morgan fingerprint density at radius 3 is 2.76 bits per heavy atom. The molecule has 0 bridgehead atoms. The molecule has 0 unspecified atom stereocenters. The molecule has 0 aromatic carbocycles. The molecule has 0 aliphatic rings. The van der Waals surface area contributed by atoms with E-state index in [9.17, 15) is 0 Å². The number of nitrogens with zero attached hydrogens (tertiary/aromatic N) is 4. The van der Waals surface area contributed by atoms with Gasteiger partial charge in [0.25, 0.3) is 0 Å². The summed E-state index contributed by atoms with van der Waals surface area (Å²) in [4.78, 5) is 12.6. The standard InChI is InChI=1S/C12H10N4S/c1-8-5-9(2)15-11(6-8)17-12-14-4-3-10(7-13)16-12/h3-6H,1-2H3. The van der Waals surface area contributed by atoms with Gasteiger partial charge in [-0.25, -0.2) is 15.0 Å². The third kappa shape index (κ3) is 3.02. The molecule has 0 aliphatic heterocycles. The molecule has 84 valence electrons. The molecular weight excluding hydrogens is 232 g/mol. The second-order valence-electron chi connectivity index (χ2n) is 3.56. The number of rotatable bonds is 2. The summed E-state index contributed by atoms with van der Waals surface area (Å²) in [6.07, 6.45) is 1.58. The van der Waals surface area contributed by atoms with Gasteiger partial charge in [0.15, 0.2) is 5.16 Å². The molecule has 0 aliphatic carbocycles. The second-order valence-corrected chi connectivity index (χ2v) is 4.55. The van der Waals surface area contributed by atoms with E-state index in [1.165, 1.54) is 11.8 Å². The molecule has 0 fully saturated rings. The van der Waals surface area contributed by atoms with Crippen molar-refractivity contribution in [1.29, 1.82) is 5.26 Å². The highest BCUT2D eigenvalue weighted by Gasteiger charge is 2.04. The average Bonchev–Trinajstić information content (AvgIpc) is 2.28. The van der Waals surface area contributed by atoms with Gasteiger partial charge in [-0.3, -0.25) is 0 Å². The van der Waals surface area contributed by atoms with E-state index in [1.807, 2.05) is 32.0 Å². The normalized spacial score (nSPS) is 9.94. The maximum Gasteiger partial charge on any atom is 0.195 e. The fraction of sp³-hybridized carbons (Fsp3) is 0.167. The molecule has 2 aromatic rings. The van der Waals surface area contributed by atoms with Crippen LogP contribution in [-0.4, -0.2) is 15.0 Å². The number of hydrogen-bond acceptors (Lipinski definition) is 5. The van der Waals surface area contributed by atoms with Crippen LogP contribution in [-0.2, 0) is 0 Å². The van der Waals surface area contributed by atoms with Crippen molar-refractivity contribution in [2.75, 3.05) is 0 Å². The molecule has 0 amide bonds. The van der Waals surface area contributed by atoms with Crippen LogP contribution in [0.4, 0.5) is 0 Å². The third-order valence-electron chi connectivity index (χ3n) is 2.02. The predicted octanol–water partition coefficient (Wildman–Crippen LogP) is 2.51. The lowest BCUT2D eigenvalue weighted by molar-refractivity contribution is 0.942. The van der Waals surface area contributed by atoms with Gasteiger partial charge < -0.3 is 0 Å². The SMILES string of the molecule is Cc1cc(C)nc(Sc2nccc(C#N)n2)c1. The molecule has 2 aromatic heterocycles. The van der Waals surface area contributed by atoms with Crippen LogP contribution in [0.2, 0.25) is 0 Å². The molecule has 4 nitrogen and oxygen atoms in total. The molecular formula is C12H10N4S. The Bertz CT molecular complexity index is 569. The minimum atomic E-state index is 0.367. The van der Waals surface area contributed by atoms with Gasteiger partial charge >= 0.3 is 0 Å². The fourth-order valence-electron chi connectivity index (χ4n) is 1.40. The lowest BCUT2D eigenvalue weighted by Crippen LogP contribution is -1.91. The molecule has 0 radical (unpaired) electrons. The summed E-state index contributed by atoms with van der Waals surface area (Å²) < 4.78 is 0. The summed E-state index contributed by atoms with van der Waals surface area (Å²) in [7, 11) is 0. The Balaban J connectivity index is 2.28. The Kier molecular flexibility index (Phi) is 3.35. The van der Waals surface area contributed by atoms with Gasteiger partial charge in [0, 0.05) is 11.9 Å². The van der Waals surface area contributed by atoms with Crippen molar-refractivity contribution in [2.45, 2.75) is 24.0 Å². The molecule has 0 spiro atoms. The van der Waals surface area contributed by atoms with Gasteiger partial charge in [-0.15, -0.1) is 0 Å². The minimum absolute atomic E-state index is 0.367. The molecule has 0 saturated carbocycles. The van der Waals surface area contributed by atoms with Crippen LogP contribution in [0.5, 0.6) is 0 Å². The van der Waals surface area contributed by atoms with Crippen LogP contribution in [0.25, 0.3) is 0 Å². The summed E-state index contributed by atoms with van der Waals surface area (Å²) >= 11 is 1.36. The number of nitriles is 1. The Morgan fingerprint density at radius 1 is 1.24 bits per heavy atom. The minimum Gasteiger partial charge on any atom is -0.246 e. The monoisotopic (exact) mass is 242 g/mol. The van der Waals surface area contributed by atoms with Crippen LogP contribution >= 0.6 is 11.8 Å². The average molecular weight is 242 g/mol. The molecule has 17 heavy (non-hydrogen) atoms. The molecule has 0 N–H and O–H groups in total. The van der Waals surface area contributed by atoms with E-state index in [0.29, 0.717) is 10.9 Å². The topological polar surface area (TPSA) is 62.5 Å². The van der Waals surface area contributed by atoms with Crippen LogP contribution < -0.4 is 0 Å². The van der Waals surface area contributed by atoms with E-state index in [4.69, 9.17) is 5.26 Å². The van der Waals surface area contributed by atoms with Crippen LogP contribution in [0, 0.1) is 25.2 Å². The zero-order valence-electron chi connectivity index (χ0n) is 9.51. The van der Waals surface area contributed by atoms with Gasteiger partial charge in [0.05, 0.1) is 0 Å². The van der Waals surface area contributed by atoms with Crippen LogP contribution in [0.1, 0.15) is 17.0 Å². The molecule has 5 heteroatoms. The van der Waals surface area contributed by atoms with Crippen molar-refractivity contribution in [3.05, 3.63) is 41.3 Å². The first-order chi connectivity index (χ1) is 8.17. The van der Waals surface area contributed by atoms with Crippen molar-refractivity contribution in [3.63, 3.8) is 0 Å². The number of aromatic nitrogens is 3. The lowest BCUT2D eigenvalue weighted by Gasteiger charge is -2.02. The maximum atomic E-state index is 8.75. The Labute approximate surface area is 104 Å². The van der Waals surface area contributed by atoms with Crippen molar-refractivity contribution >= 4 is 11.8 Å². The summed E-state index contributed by atoms with van der Waals surface area (Å²) in [5.41, 5.74) is 2.48. The van der Waals surface area contributed by atoms with Gasteiger partial charge in [0.2, 0.25) is 0 Å². The van der Waals surface area contributed by atoms with Crippen molar-refractivity contribution < 1.29 is 0 Å². The quantitative estimate of drug-likeness (QED) is 0.757. The second kappa shape index (κ2) is 4.93. The van der Waals surface area contributed by atoms with E-state index in [-0.39, 0.29) is 0 Å². The first-order valence-corrected chi connectivity index (χ1v) is 5.85. The van der Waals surface area contributed by atoms with Gasteiger partial charge in [-0.1, -0.05) is 0 Å². The van der Waals surface area contributed by atoms with Gasteiger partial charge in [-0.05, 0) is 49.4 Å². The summed E-state index contributed by atoms with van der Waals surface area (Å²) in [5, 5.41) is 10.1. The highest BCUT2D eigenvalue weighted by molar-refractivity contribution is 7.99. The number of hydrogen-bond donors (Lipinski definition) is 0. The van der Waals surface area contributed by atoms with E-state index in [0.717, 1.165) is 16.3 Å². The van der Waals surface area contributed by atoms with Gasteiger partial charge in [0.1, 0.15) is 16.8 Å². The number of pyridine rings is 1. The number of aryl methyl sites for hydroxylation is 2. The van der Waals surface area contributed by atoms with Crippen LogP contribution in [0.3, 0.4) is 0 Å². The molecule has 0 saturated heterocycles. The lowest BCUT2D eigenvalue weighted by atomic mass is 10.3. The summed E-state index contributed by atoms with van der Waals surface area (Å²) in [5.74, 6) is 0. The van der Waals surface area contributed by atoms with Gasteiger partial charge in [-0.2, -0.15) is 5.26 Å². The first kappa shape index (κ1) is 11.6. The van der Waals surface area contributed by atoms with E-state index < -0.39 is 0 Å². The zero-order valence-corrected chi connectivity index (χ0v) is 10.3. The fourth-order valence-corrected chi connectivity index (χ4v) is 2.28. The Morgan fingerprint density at radius 2 is 2.06 bits per heavy atom. The summed E-state index contributed by atoms with van der Waals surface area (Å²) in [6.45, 7) is 3.97. The smallest absolute Gasteiger partial charge is 0.195 e. The van der Waals surface area contributed by atoms with Crippen LogP contribution in [0.15, 0.2) is 34.6 Å². The van der Waals surface area contributed by atoms with Crippen molar-refractivity contribution in [2.24, 2.45) is 0 Å². The third-order valence-corrected chi connectivity index (χ3v) is 2.82. The van der Waals surface area contributed by atoms with E-state index in [2.05, 4.69) is 15.0 Å². The predicted molar refractivity (Wildman–Crippen MR) is 64.6 cm³/mol.